The van der Waals surface area contributed by atoms with Gasteiger partial charge in [-0.15, -0.1) is 0 Å². The zero-order valence-corrected chi connectivity index (χ0v) is 21.4. The van der Waals surface area contributed by atoms with Gasteiger partial charge in [0.2, 0.25) is 10.0 Å². The zero-order chi connectivity index (χ0) is 24.9. The second kappa shape index (κ2) is 9.20. The van der Waals surface area contributed by atoms with Gasteiger partial charge in [0.05, 0.1) is 29.8 Å². The van der Waals surface area contributed by atoms with Crippen molar-refractivity contribution in [3.63, 3.8) is 0 Å². The molecule has 1 aliphatic heterocycles. The van der Waals surface area contributed by atoms with Gasteiger partial charge in [0.25, 0.3) is 0 Å². The third kappa shape index (κ3) is 4.55. The topological polar surface area (TPSA) is 111 Å². The largest absolute Gasteiger partial charge is 0.468 e. The summed E-state index contributed by atoms with van der Waals surface area (Å²) in [6.45, 7) is 8.62. The van der Waals surface area contributed by atoms with Gasteiger partial charge in [0, 0.05) is 0 Å². The van der Waals surface area contributed by atoms with Gasteiger partial charge in [0.15, 0.2) is 0 Å². The lowest BCUT2D eigenvalue weighted by Crippen LogP contribution is -2.65. The van der Waals surface area contributed by atoms with Crippen molar-refractivity contribution in [3.8, 4) is 0 Å². The molecule has 1 aromatic carbocycles. The average molecular weight is 493 g/mol. The molecule has 1 heterocycles. The lowest BCUT2D eigenvalue weighted by atomic mass is 9.43. The SMILES string of the molecule is COC(=O)[C@@H](NS(=O)(=O)c1ccc(C)cc1)[C@@H](O)CCCB1O[C@@H]2C[C@@H]3C[C@@H](C3(C)C)[C@]2(C)O1. The molecular weight excluding hydrogens is 457 g/mol. The first-order chi connectivity index (χ1) is 15.9. The van der Waals surface area contributed by atoms with E-state index < -0.39 is 28.1 Å². The molecule has 0 amide bonds. The number of aliphatic hydroxyl groups is 1. The van der Waals surface area contributed by atoms with Crippen molar-refractivity contribution < 1.29 is 32.4 Å². The lowest BCUT2D eigenvalue weighted by Gasteiger charge is -2.64. The Balaban J connectivity index is 1.34. The average Bonchev–Trinajstić information content (AvgIpc) is 3.12. The third-order valence-corrected chi connectivity index (χ3v) is 9.85. The summed E-state index contributed by atoms with van der Waals surface area (Å²) >= 11 is 0. The molecule has 4 aliphatic rings. The summed E-state index contributed by atoms with van der Waals surface area (Å²) in [5, 5.41) is 10.7. The fraction of sp³-hybridized carbons (Fsp3) is 0.708. The smallest absolute Gasteiger partial charge is 0.457 e. The lowest BCUT2D eigenvalue weighted by molar-refractivity contribution is -0.199. The first-order valence-corrected chi connectivity index (χ1v) is 13.5. The van der Waals surface area contributed by atoms with E-state index in [-0.39, 0.29) is 35.6 Å². The van der Waals surface area contributed by atoms with Crippen LogP contribution in [-0.2, 0) is 28.9 Å². The number of benzene rings is 1. The molecule has 6 atom stereocenters. The van der Waals surface area contributed by atoms with Crippen LogP contribution in [0.2, 0.25) is 6.32 Å². The molecule has 10 heteroatoms. The van der Waals surface area contributed by atoms with Gasteiger partial charge in [0.1, 0.15) is 6.04 Å². The maximum absolute atomic E-state index is 12.8. The van der Waals surface area contributed by atoms with Crippen molar-refractivity contribution in [3.05, 3.63) is 29.8 Å². The number of aliphatic hydroxyl groups excluding tert-OH is 1. The molecule has 3 saturated carbocycles. The van der Waals surface area contributed by atoms with E-state index in [0.717, 1.165) is 19.1 Å². The highest BCUT2D eigenvalue weighted by atomic mass is 32.2. The van der Waals surface area contributed by atoms with Gasteiger partial charge in [-0.05, 0) is 68.8 Å². The number of rotatable bonds is 9. The van der Waals surface area contributed by atoms with E-state index in [2.05, 4.69) is 25.5 Å². The van der Waals surface area contributed by atoms with E-state index in [4.69, 9.17) is 14.0 Å². The van der Waals surface area contributed by atoms with Gasteiger partial charge < -0.3 is 19.2 Å². The van der Waals surface area contributed by atoms with Gasteiger partial charge in [-0.25, -0.2) is 8.42 Å². The van der Waals surface area contributed by atoms with Crippen molar-refractivity contribution in [1.29, 1.82) is 0 Å². The van der Waals surface area contributed by atoms with Crippen LogP contribution in [0.25, 0.3) is 0 Å². The number of nitrogens with one attached hydrogen (secondary N) is 1. The van der Waals surface area contributed by atoms with Crippen LogP contribution in [0.3, 0.4) is 0 Å². The van der Waals surface area contributed by atoms with Crippen LogP contribution in [0.5, 0.6) is 0 Å². The molecule has 2 bridgehead atoms. The minimum absolute atomic E-state index is 0.0177. The minimum Gasteiger partial charge on any atom is -0.468 e. The Kier molecular flexibility index (Phi) is 6.94. The summed E-state index contributed by atoms with van der Waals surface area (Å²) < 4.78 is 45.2. The quantitative estimate of drug-likeness (QED) is 0.402. The van der Waals surface area contributed by atoms with Gasteiger partial charge in [-0.3, -0.25) is 4.79 Å². The molecule has 1 saturated heterocycles. The number of sulfonamides is 1. The summed E-state index contributed by atoms with van der Waals surface area (Å²) in [6, 6.07) is 4.85. The van der Waals surface area contributed by atoms with E-state index in [1.165, 1.54) is 18.6 Å². The highest BCUT2D eigenvalue weighted by Crippen LogP contribution is 2.65. The predicted molar refractivity (Wildman–Crippen MR) is 127 cm³/mol. The van der Waals surface area contributed by atoms with Crippen molar-refractivity contribution in [2.45, 2.75) is 88.4 Å². The van der Waals surface area contributed by atoms with Crippen LogP contribution in [-0.4, -0.2) is 57.6 Å². The Bertz CT molecular complexity index is 1010. The molecule has 2 N–H and O–H groups in total. The molecule has 188 valence electrons. The van der Waals surface area contributed by atoms with Crippen LogP contribution in [0, 0.1) is 24.2 Å². The molecule has 0 spiro atoms. The Morgan fingerprint density at radius 2 is 1.94 bits per heavy atom. The predicted octanol–water partition coefficient (Wildman–Crippen LogP) is 2.68. The number of hydrogen-bond donors (Lipinski definition) is 2. The molecule has 0 aromatic heterocycles. The molecule has 4 fully saturated rings. The van der Waals surface area contributed by atoms with Crippen LogP contribution in [0.15, 0.2) is 29.2 Å². The van der Waals surface area contributed by atoms with Crippen molar-refractivity contribution in [2.75, 3.05) is 7.11 Å². The van der Waals surface area contributed by atoms with Crippen LogP contribution < -0.4 is 4.72 Å². The van der Waals surface area contributed by atoms with Crippen LogP contribution in [0.4, 0.5) is 0 Å². The Labute approximate surface area is 202 Å². The minimum atomic E-state index is -4.01. The molecule has 5 rings (SSSR count). The summed E-state index contributed by atoms with van der Waals surface area (Å²) in [4.78, 5) is 12.3. The van der Waals surface area contributed by atoms with E-state index in [1.807, 2.05) is 6.92 Å². The van der Waals surface area contributed by atoms with Gasteiger partial charge >= 0.3 is 13.1 Å². The molecule has 8 nitrogen and oxygen atoms in total. The fourth-order valence-corrected chi connectivity index (χ4v) is 7.32. The fourth-order valence-electron chi connectivity index (χ4n) is 6.10. The molecule has 34 heavy (non-hydrogen) atoms. The van der Waals surface area contributed by atoms with Crippen LogP contribution in [0.1, 0.15) is 52.0 Å². The number of esters is 1. The number of carbonyl (C=O) groups excluding carboxylic acids is 1. The second-order valence-electron chi connectivity index (χ2n) is 10.8. The highest BCUT2D eigenvalue weighted by molar-refractivity contribution is 7.89. The van der Waals surface area contributed by atoms with Crippen molar-refractivity contribution in [2.24, 2.45) is 17.3 Å². The Hall–Kier alpha value is -1.46. The summed E-state index contributed by atoms with van der Waals surface area (Å²) in [5.74, 6) is 0.304. The number of methoxy groups -OCH3 is 1. The Morgan fingerprint density at radius 3 is 2.56 bits per heavy atom. The van der Waals surface area contributed by atoms with E-state index in [9.17, 15) is 18.3 Å². The standard InChI is InChI=1S/C24H36BNO7S/c1-15-8-10-17(11-9-15)34(29,30)26-21(22(28)31-5)18(27)7-6-12-25-32-20-14-16-13-19(23(16,2)3)24(20,4)33-25/h8-11,16,18-21,26-27H,6-7,12-14H2,1-5H3/t16-,18-,19-,20+,21-,24-/m0/s1. The first-order valence-electron chi connectivity index (χ1n) is 12.1. The number of ether oxygens (including phenoxy) is 1. The normalized spacial score (nSPS) is 31.4. The second-order valence-corrected chi connectivity index (χ2v) is 12.5. The number of hydrogen-bond acceptors (Lipinski definition) is 7. The summed E-state index contributed by atoms with van der Waals surface area (Å²) in [5.41, 5.74) is 0.885. The van der Waals surface area contributed by atoms with Crippen molar-refractivity contribution >= 4 is 23.1 Å². The maximum Gasteiger partial charge on any atom is 0.457 e. The van der Waals surface area contributed by atoms with Crippen LogP contribution >= 0.6 is 0 Å². The van der Waals surface area contributed by atoms with E-state index in [0.29, 0.717) is 24.6 Å². The van der Waals surface area contributed by atoms with E-state index >= 15 is 0 Å². The molecule has 0 unspecified atom stereocenters. The van der Waals surface area contributed by atoms with Crippen molar-refractivity contribution in [1.82, 2.24) is 4.72 Å². The Morgan fingerprint density at radius 1 is 1.26 bits per heavy atom. The highest BCUT2D eigenvalue weighted by Gasteiger charge is 2.67. The monoisotopic (exact) mass is 493 g/mol. The molecule has 0 radical (unpaired) electrons. The molecular formula is C24H36BNO7S. The summed E-state index contributed by atoms with van der Waals surface area (Å²) in [6.07, 6.45) is 2.27. The van der Waals surface area contributed by atoms with Gasteiger partial charge in [-0.2, -0.15) is 4.72 Å². The zero-order valence-electron chi connectivity index (χ0n) is 20.6. The number of carbonyl (C=O) groups is 1. The first kappa shape index (κ1) is 25.6. The van der Waals surface area contributed by atoms with Gasteiger partial charge in [-0.1, -0.05) is 38.0 Å². The van der Waals surface area contributed by atoms with E-state index in [1.54, 1.807) is 12.1 Å². The maximum atomic E-state index is 12.8. The molecule has 3 aliphatic carbocycles. The summed E-state index contributed by atoms with van der Waals surface area (Å²) in [7, 11) is -3.21. The molecule has 1 aromatic rings. The number of aryl methyl sites for hydroxylation is 1. The third-order valence-electron chi connectivity index (χ3n) is 8.39.